The summed E-state index contributed by atoms with van der Waals surface area (Å²) in [5, 5.41) is 20.6. The van der Waals surface area contributed by atoms with Crippen LogP contribution in [0.15, 0.2) is 158 Å². The zero-order valence-corrected chi connectivity index (χ0v) is 61.7. The zero-order valence-electron chi connectivity index (χ0n) is 59.9. The maximum Gasteiger partial charge on any atom is 0.472 e. The predicted octanol–water partition coefficient (Wildman–Crippen LogP) is 21.1. The Labute approximate surface area is 587 Å². The van der Waals surface area contributed by atoms with Crippen LogP contribution < -0.4 is 0 Å². The number of esters is 3. The normalized spacial score (nSPS) is 15.0. The Bertz CT molecular complexity index is 2400. The second kappa shape index (κ2) is 71.0. The Morgan fingerprint density at radius 3 is 0.887 bits per heavy atom. The van der Waals surface area contributed by atoms with Crippen LogP contribution in [0, 0.1) is 0 Å². The summed E-state index contributed by atoms with van der Waals surface area (Å²) in [5.74, 6) is -1.66. The maximum atomic E-state index is 13.0. The molecule has 0 aliphatic heterocycles. The van der Waals surface area contributed by atoms with Crippen LogP contribution in [0.4, 0.5) is 0 Å². The van der Waals surface area contributed by atoms with Crippen molar-refractivity contribution in [3.05, 3.63) is 158 Å². The van der Waals surface area contributed by atoms with E-state index in [1.165, 1.54) is 25.7 Å². The summed E-state index contributed by atoms with van der Waals surface area (Å²) in [5.41, 5.74) is 0. The van der Waals surface area contributed by atoms with Crippen molar-refractivity contribution in [2.45, 2.75) is 283 Å². The lowest BCUT2D eigenvalue weighted by atomic mass is 10.1. The number of phosphoric acid groups is 2. The van der Waals surface area contributed by atoms with Crippen molar-refractivity contribution < 1.29 is 75.8 Å². The van der Waals surface area contributed by atoms with Gasteiger partial charge in [0.15, 0.2) is 6.10 Å². The van der Waals surface area contributed by atoms with Crippen LogP contribution in [0.25, 0.3) is 0 Å². The first-order chi connectivity index (χ1) is 47.2. The summed E-state index contributed by atoms with van der Waals surface area (Å²) in [4.78, 5) is 58.6. The first-order valence-electron chi connectivity index (χ1n) is 36.8. The standard InChI is InChI=1S/C79H130O16P2/c1-4-7-10-13-16-19-22-25-28-31-33-35-36-38-40-42-44-47-50-53-56-59-62-65-77(82)89-68-74(80)69-91-96(85,86)92-70-75(81)71-93-97(87,88)94-73-76(95-79(84)67-64-61-58-55-52-49-46-41-30-27-24-21-18-15-12-9-6-3)72-90-78(83)66-63-60-57-54-51-48-45-43-39-37-34-32-29-26-23-20-17-14-11-8-5-2/h8-9,11-12,16-21,25-30,33-35,37-38,40,43,45,51,54,74-76,80-81H,4-7,10,13-15,22-24,31-32,36,39,41-42,44,46-50,52-53,55-73H2,1-3H3,(H,85,86)(H,87,88)/b11-8-,12-9-,19-16-,20-17-,21-18-,28-25-,29-26-,30-27-,35-33-,37-34-,40-38-,45-43-,54-51-. The lowest BCUT2D eigenvalue weighted by Gasteiger charge is -2.21. The number of unbranched alkanes of at least 4 members (excludes halogenated alkanes) is 19. The molecule has 0 aromatic heterocycles. The van der Waals surface area contributed by atoms with E-state index in [9.17, 15) is 43.5 Å². The largest absolute Gasteiger partial charge is 0.472 e. The highest BCUT2D eigenvalue weighted by Crippen LogP contribution is 2.45. The van der Waals surface area contributed by atoms with Gasteiger partial charge in [-0.15, -0.1) is 0 Å². The fourth-order valence-electron chi connectivity index (χ4n) is 9.16. The Hall–Kier alpha value is -4.83. The van der Waals surface area contributed by atoms with Gasteiger partial charge < -0.3 is 34.2 Å². The summed E-state index contributed by atoms with van der Waals surface area (Å²) in [6.07, 6.45) is 87.1. The number of carbonyl (C=O) groups excluding carboxylic acids is 3. The second-order valence-electron chi connectivity index (χ2n) is 24.0. The van der Waals surface area contributed by atoms with Gasteiger partial charge in [0.25, 0.3) is 0 Å². The summed E-state index contributed by atoms with van der Waals surface area (Å²) in [7, 11) is -9.82. The molecule has 5 atom stereocenters. The highest BCUT2D eigenvalue weighted by Gasteiger charge is 2.29. The smallest absolute Gasteiger partial charge is 0.463 e. The second-order valence-corrected chi connectivity index (χ2v) is 26.9. The number of phosphoric ester groups is 2. The van der Waals surface area contributed by atoms with E-state index in [2.05, 4.69) is 179 Å². The van der Waals surface area contributed by atoms with Crippen molar-refractivity contribution in [2.24, 2.45) is 0 Å². The highest BCUT2D eigenvalue weighted by molar-refractivity contribution is 7.47. The number of hydrogen-bond acceptors (Lipinski definition) is 14. The van der Waals surface area contributed by atoms with Gasteiger partial charge in [-0.3, -0.25) is 32.5 Å². The summed E-state index contributed by atoms with van der Waals surface area (Å²) in [6.45, 7) is 2.33. The van der Waals surface area contributed by atoms with E-state index < -0.39 is 91.5 Å². The van der Waals surface area contributed by atoms with Crippen molar-refractivity contribution in [3.8, 4) is 0 Å². The van der Waals surface area contributed by atoms with Crippen LogP contribution >= 0.6 is 15.6 Å². The molecular weight excluding hydrogens is 1270 g/mol. The summed E-state index contributed by atoms with van der Waals surface area (Å²) in [6, 6.07) is 0. The molecule has 0 saturated heterocycles. The van der Waals surface area contributed by atoms with Crippen molar-refractivity contribution in [1.29, 1.82) is 0 Å². The third-order valence-corrected chi connectivity index (χ3v) is 16.6. The molecule has 16 nitrogen and oxygen atoms in total. The molecule has 0 saturated carbocycles. The van der Waals surface area contributed by atoms with Gasteiger partial charge >= 0.3 is 33.6 Å². The van der Waals surface area contributed by atoms with Crippen molar-refractivity contribution in [1.82, 2.24) is 0 Å². The zero-order chi connectivity index (χ0) is 70.9. The number of rotatable bonds is 68. The van der Waals surface area contributed by atoms with Gasteiger partial charge in [0.05, 0.1) is 26.4 Å². The molecule has 0 spiro atoms. The lowest BCUT2D eigenvalue weighted by Crippen LogP contribution is -2.30. The molecule has 18 heteroatoms. The van der Waals surface area contributed by atoms with Gasteiger partial charge in [0, 0.05) is 19.3 Å². The average Bonchev–Trinajstić information content (AvgIpc) is 1.65. The molecule has 0 radical (unpaired) electrons. The molecule has 0 bridgehead atoms. The van der Waals surface area contributed by atoms with E-state index in [-0.39, 0.29) is 19.3 Å². The minimum Gasteiger partial charge on any atom is -0.463 e. The number of allylic oxidation sites excluding steroid dienone is 26. The van der Waals surface area contributed by atoms with Gasteiger partial charge in [-0.1, -0.05) is 256 Å². The first-order valence-corrected chi connectivity index (χ1v) is 39.8. The molecule has 97 heavy (non-hydrogen) atoms. The van der Waals surface area contributed by atoms with Crippen LogP contribution in [-0.2, 0) is 55.8 Å². The van der Waals surface area contributed by atoms with E-state index in [1.54, 1.807) is 0 Å². The SMILES string of the molecule is CC/C=C\C/C=C\C/C=C\C/C=C\C/C=C\C/C=C\CCCCC(=O)OCC(COP(=O)(O)OCC(O)COP(=O)(O)OCC(O)COC(=O)CCCCCCCCC/C=C\C/C=C\C/C=C\C/C=C\CCCCC)OC(=O)CCCCCCCCC/C=C\C/C=C\C/C=C\CC. The van der Waals surface area contributed by atoms with E-state index >= 15 is 0 Å². The Kier molecular flexibility index (Phi) is 67.5. The molecule has 0 aliphatic carbocycles. The molecule has 0 aliphatic rings. The molecule has 5 unspecified atom stereocenters. The fraction of sp³-hybridized carbons (Fsp3) is 0.633. The monoisotopic (exact) mass is 1400 g/mol. The highest BCUT2D eigenvalue weighted by atomic mass is 31.2. The molecule has 0 heterocycles. The molecule has 0 fully saturated rings. The lowest BCUT2D eigenvalue weighted by molar-refractivity contribution is -0.161. The Morgan fingerprint density at radius 1 is 0.299 bits per heavy atom. The molecule has 0 amide bonds. The fourth-order valence-corrected chi connectivity index (χ4v) is 10.7. The third-order valence-electron chi connectivity index (χ3n) is 14.7. The van der Waals surface area contributed by atoms with Crippen molar-refractivity contribution in [3.63, 3.8) is 0 Å². The summed E-state index contributed by atoms with van der Waals surface area (Å²) < 4.78 is 61.0. The van der Waals surface area contributed by atoms with Gasteiger partial charge in [-0.05, 0) is 148 Å². The Morgan fingerprint density at radius 2 is 0.546 bits per heavy atom. The van der Waals surface area contributed by atoms with Gasteiger partial charge in [-0.25, -0.2) is 9.13 Å². The quantitative estimate of drug-likeness (QED) is 0.0146. The first kappa shape index (κ1) is 92.2. The van der Waals surface area contributed by atoms with E-state index in [0.29, 0.717) is 19.3 Å². The molecule has 0 aromatic rings. The van der Waals surface area contributed by atoms with Crippen LogP contribution in [-0.4, -0.2) is 95.9 Å². The number of carbonyl (C=O) groups is 3. The van der Waals surface area contributed by atoms with Crippen molar-refractivity contribution in [2.75, 3.05) is 39.6 Å². The molecule has 4 N–H and O–H groups in total. The maximum absolute atomic E-state index is 13.0. The van der Waals surface area contributed by atoms with E-state index in [1.807, 2.05) is 0 Å². The van der Waals surface area contributed by atoms with Crippen LogP contribution in [0.1, 0.15) is 265 Å². The van der Waals surface area contributed by atoms with Gasteiger partial charge in [0.1, 0.15) is 25.4 Å². The molecule has 0 aromatic carbocycles. The van der Waals surface area contributed by atoms with Crippen molar-refractivity contribution >= 4 is 33.6 Å². The average molecular weight is 1400 g/mol. The third kappa shape index (κ3) is 72.2. The number of aliphatic hydroxyl groups excluding tert-OH is 2. The number of ether oxygens (including phenoxy) is 3. The summed E-state index contributed by atoms with van der Waals surface area (Å²) >= 11 is 0. The molecular formula is C79H130O16P2. The minimum atomic E-state index is -4.95. The Balaban J connectivity index is 4.74. The van der Waals surface area contributed by atoms with E-state index in [0.717, 1.165) is 180 Å². The van der Waals surface area contributed by atoms with Gasteiger partial charge in [-0.2, -0.15) is 0 Å². The van der Waals surface area contributed by atoms with E-state index in [4.69, 9.17) is 32.3 Å². The van der Waals surface area contributed by atoms with Crippen LogP contribution in [0.5, 0.6) is 0 Å². The minimum absolute atomic E-state index is 0.0770. The topological polar surface area (TPSA) is 231 Å². The number of hydrogen-bond donors (Lipinski definition) is 4. The van der Waals surface area contributed by atoms with Crippen LogP contribution in [0.3, 0.4) is 0 Å². The predicted molar refractivity (Wildman–Crippen MR) is 399 cm³/mol. The molecule has 0 rings (SSSR count). The van der Waals surface area contributed by atoms with Gasteiger partial charge in [0.2, 0.25) is 0 Å². The molecule has 552 valence electrons. The van der Waals surface area contributed by atoms with Crippen LogP contribution in [0.2, 0.25) is 0 Å². The number of aliphatic hydroxyl groups is 2.